The van der Waals surface area contributed by atoms with Crippen LogP contribution in [0.5, 0.6) is 11.5 Å². The molecule has 0 unspecified atom stereocenters. The molecular weight excluding hydrogens is 344 g/mol. The smallest absolute Gasteiger partial charge is 0.257 e. The number of carbonyl (C=O) groups is 1. The van der Waals surface area contributed by atoms with E-state index < -0.39 is 0 Å². The Balaban J connectivity index is 1.52. The molecular formula is C21H22N2O4. The number of H-pyrrole nitrogens is 1. The lowest BCUT2D eigenvalue weighted by atomic mass is 10.1. The number of amides is 1. The number of benzene rings is 2. The molecule has 0 spiro atoms. The predicted molar refractivity (Wildman–Crippen MR) is 105 cm³/mol. The summed E-state index contributed by atoms with van der Waals surface area (Å²) in [5.41, 5.74) is 2.50. The molecule has 3 rings (SSSR count). The van der Waals surface area contributed by atoms with Crippen molar-refractivity contribution in [2.45, 2.75) is 13.3 Å². The molecule has 2 N–H and O–H groups in total. The van der Waals surface area contributed by atoms with Gasteiger partial charge in [-0.2, -0.15) is 0 Å². The Hall–Kier alpha value is -3.28. The number of hydrogen-bond donors (Lipinski definition) is 2. The Kier molecular flexibility index (Phi) is 5.76. The summed E-state index contributed by atoms with van der Waals surface area (Å²) in [4.78, 5) is 26.5. The Morgan fingerprint density at radius 1 is 1.11 bits per heavy atom. The quantitative estimate of drug-likeness (QED) is 0.673. The molecule has 2 aromatic carbocycles. The third-order valence-electron chi connectivity index (χ3n) is 4.26. The van der Waals surface area contributed by atoms with Crippen LogP contribution in [0.1, 0.15) is 11.1 Å². The second kappa shape index (κ2) is 8.40. The van der Waals surface area contributed by atoms with Crippen LogP contribution in [0.4, 0.5) is 0 Å². The van der Waals surface area contributed by atoms with Crippen molar-refractivity contribution in [2.24, 2.45) is 0 Å². The summed E-state index contributed by atoms with van der Waals surface area (Å²) in [5.74, 6) is 0.936. The number of fused-ring (bicyclic) bond motifs is 1. The first kappa shape index (κ1) is 18.5. The Morgan fingerprint density at radius 2 is 1.89 bits per heavy atom. The van der Waals surface area contributed by atoms with Gasteiger partial charge in [0.15, 0.2) is 18.1 Å². The molecule has 1 amide bonds. The number of para-hydroxylation sites is 2. The van der Waals surface area contributed by atoms with Crippen LogP contribution in [-0.4, -0.2) is 31.2 Å². The maximum absolute atomic E-state index is 12.0. The van der Waals surface area contributed by atoms with Crippen molar-refractivity contribution in [3.05, 3.63) is 70.0 Å². The molecule has 0 bridgehead atoms. The van der Waals surface area contributed by atoms with E-state index in [0.29, 0.717) is 30.0 Å². The van der Waals surface area contributed by atoms with Gasteiger partial charge in [-0.3, -0.25) is 9.59 Å². The Bertz CT molecular complexity index is 1010. The van der Waals surface area contributed by atoms with E-state index in [1.54, 1.807) is 26.2 Å². The number of nitrogens with one attached hydrogen (secondary N) is 2. The first-order chi connectivity index (χ1) is 13.1. The van der Waals surface area contributed by atoms with E-state index in [4.69, 9.17) is 9.47 Å². The van der Waals surface area contributed by atoms with Gasteiger partial charge in [0.2, 0.25) is 0 Å². The fourth-order valence-electron chi connectivity index (χ4n) is 2.80. The van der Waals surface area contributed by atoms with Crippen LogP contribution in [0.15, 0.2) is 53.3 Å². The largest absolute Gasteiger partial charge is 0.493 e. The molecule has 6 heteroatoms. The van der Waals surface area contributed by atoms with Gasteiger partial charge in [0.05, 0.1) is 7.11 Å². The number of methoxy groups -OCH3 is 1. The third kappa shape index (κ3) is 4.67. The second-order valence-corrected chi connectivity index (χ2v) is 6.24. The van der Waals surface area contributed by atoms with Crippen LogP contribution in [-0.2, 0) is 11.2 Å². The van der Waals surface area contributed by atoms with E-state index >= 15 is 0 Å². The Labute approximate surface area is 157 Å². The number of aryl methyl sites for hydroxylation is 1. The zero-order valence-corrected chi connectivity index (χ0v) is 15.4. The summed E-state index contributed by atoms with van der Waals surface area (Å²) in [6, 6.07) is 14.9. The average molecular weight is 366 g/mol. The molecule has 0 saturated heterocycles. The molecule has 0 aliphatic rings. The maximum atomic E-state index is 12.0. The molecule has 6 nitrogen and oxygen atoms in total. The number of ether oxygens (including phenoxy) is 2. The van der Waals surface area contributed by atoms with Crippen molar-refractivity contribution in [1.29, 1.82) is 0 Å². The fraction of sp³-hybridized carbons (Fsp3) is 0.238. The summed E-state index contributed by atoms with van der Waals surface area (Å²) in [7, 11) is 1.56. The molecule has 3 aromatic rings. The number of hydrogen-bond acceptors (Lipinski definition) is 4. The van der Waals surface area contributed by atoms with Gasteiger partial charge in [-0.15, -0.1) is 0 Å². The minimum absolute atomic E-state index is 0.0709. The van der Waals surface area contributed by atoms with E-state index in [1.807, 2.05) is 36.4 Å². The van der Waals surface area contributed by atoms with Crippen LogP contribution < -0.4 is 20.3 Å². The van der Waals surface area contributed by atoms with Crippen molar-refractivity contribution in [3.8, 4) is 11.5 Å². The maximum Gasteiger partial charge on any atom is 0.257 e. The van der Waals surface area contributed by atoms with Crippen molar-refractivity contribution in [2.75, 3.05) is 20.3 Å². The molecule has 0 fully saturated rings. The number of pyridine rings is 1. The van der Waals surface area contributed by atoms with E-state index in [0.717, 1.165) is 16.5 Å². The van der Waals surface area contributed by atoms with E-state index in [9.17, 15) is 9.59 Å². The molecule has 1 aromatic heterocycles. The highest BCUT2D eigenvalue weighted by Gasteiger charge is 2.07. The van der Waals surface area contributed by atoms with Crippen LogP contribution in [0.2, 0.25) is 0 Å². The first-order valence-electron chi connectivity index (χ1n) is 8.72. The predicted octanol–water partition coefficient (Wildman–Crippen LogP) is 2.58. The number of carbonyl (C=O) groups excluding carboxylic acids is 1. The standard InChI is InChI=1S/C21H22N2O4/c1-14-11-16-12-15(7-8-17(16)23-21(14)25)9-10-22-20(24)13-27-19-6-4-3-5-18(19)26-2/h3-8,11-12H,9-10,13H2,1-2H3,(H,22,24)(H,23,25). The highest BCUT2D eigenvalue weighted by molar-refractivity contribution is 5.80. The molecule has 1 heterocycles. The lowest BCUT2D eigenvalue weighted by molar-refractivity contribution is -0.123. The van der Waals surface area contributed by atoms with Crippen LogP contribution >= 0.6 is 0 Å². The Morgan fingerprint density at radius 3 is 2.67 bits per heavy atom. The van der Waals surface area contributed by atoms with Crippen molar-refractivity contribution < 1.29 is 14.3 Å². The number of aromatic amines is 1. The highest BCUT2D eigenvalue weighted by Crippen LogP contribution is 2.25. The van der Waals surface area contributed by atoms with Gasteiger partial charge in [-0.1, -0.05) is 18.2 Å². The number of rotatable bonds is 7. The first-order valence-corrected chi connectivity index (χ1v) is 8.72. The van der Waals surface area contributed by atoms with Gasteiger partial charge in [-0.25, -0.2) is 0 Å². The van der Waals surface area contributed by atoms with Crippen LogP contribution in [0.3, 0.4) is 0 Å². The van der Waals surface area contributed by atoms with Crippen molar-refractivity contribution in [1.82, 2.24) is 10.3 Å². The van der Waals surface area contributed by atoms with Crippen LogP contribution in [0.25, 0.3) is 10.9 Å². The van der Waals surface area contributed by atoms with E-state index in [-0.39, 0.29) is 18.1 Å². The van der Waals surface area contributed by atoms with Gasteiger partial charge in [0.25, 0.3) is 11.5 Å². The minimum atomic E-state index is -0.193. The molecule has 0 saturated carbocycles. The lowest BCUT2D eigenvalue weighted by Crippen LogP contribution is -2.30. The van der Waals surface area contributed by atoms with Crippen molar-refractivity contribution >= 4 is 16.8 Å². The molecule has 27 heavy (non-hydrogen) atoms. The molecule has 140 valence electrons. The summed E-state index contributed by atoms with van der Waals surface area (Å²) in [6.07, 6.45) is 0.689. The summed E-state index contributed by atoms with van der Waals surface area (Å²) < 4.78 is 10.7. The third-order valence-corrected chi connectivity index (χ3v) is 4.26. The van der Waals surface area contributed by atoms with Crippen LogP contribution in [0, 0.1) is 6.92 Å². The molecule has 0 atom stereocenters. The molecule has 0 aliphatic heterocycles. The summed E-state index contributed by atoms with van der Waals surface area (Å²) >= 11 is 0. The monoisotopic (exact) mass is 366 g/mol. The molecule has 0 radical (unpaired) electrons. The summed E-state index contributed by atoms with van der Waals surface area (Å²) in [6.45, 7) is 2.22. The summed E-state index contributed by atoms with van der Waals surface area (Å²) in [5, 5.41) is 3.83. The van der Waals surface area contributed by atoms with Gasteiger partial charge in [0, 0.05) is 17.6 Å². The number of aromatic nitrogens is 1. The van der Waals surface area contributed by atoms with E-state index in [2.05, 4.69) is 10.3 Å². The second-order valence-electron chi connectivity index (χ2n) is 6.24. The molecule has 0 aliphatic carbocycles. The van der Waals surface area contributed by atoms with E-state index in [1.165, 1.54) is 0 Å². The van der Waals surface area contributed by atoms with Gasteiger partial charge in [-0.05, 0) is 54.6 Å². The van der Waals surface area contributed by atoms with Gasteiger partial charge >= 0.3 is 0 Å². The van der Waals surface area contributed by atoms with Gasteiger partial charge < -0.3 is 19.8 Å². The normalized spacial score (nSPS) is 10.6. The average Bonchev–Trinajstić information content (AvgIpc) is 2.67. The zero-order chi connectivity index (χ0) is 19.2. The topological polar surface area (TPSA) is 80.4 Å². The fourth-order valence-corrected chi connectivity index (χ4v) is 2.80. The lowest BCUT2D eigenvalue weighted by Gasteiger charge is -2.10. The minimum Gasteiger partial charge on any atom is -0.493 e. The van der Waals surface area contributed by atoms with Gasteiger partial charge in [0.1, 0.15) is 0 Å². The zero-order valence-electron chi connectivity index (χ0n) is 15.4. The highest BCUT2D eigenvalue weighted by atomic mass is 16.5. The SMILES string of the molecule is COc1ccccc1OCC(=O)NCCc1ccc2[nH]c(=O)c(C)cc2c1. The van der Waals surface area contributed by atoms with Crippen molar-refractivity contribution in [3.63, 3.8) is 0 Å².